The summed E-state index contributed by atoms with van der Waals surface area (Å²) in [5.41, 5.74) is 1.67. The Labute approximate surface area is 122 Å². The van der Waals surface area contributed by atoms with Crippen LogP contribution in [0.4, 0.5) is 5.69 Å². The standard InChI is InChI=1S/C17H26N2O/c1-2-17(9-5-6-10-17)13-18-11-14-12-19-15-7-3-4-8-16(15)20-14/h3-4,7-8,14,18-19H,2,5-6,9-13H2,1H3. The van der Waals surface area contributed by atoms with Crippen molar-refractivity contribution in [3.8, 4) is 5.75 Å². The SMILES string of the molecule is CCC1(CNCC2CNc3ccccc3O2)CCCC1. The van der Waals surface area contributed by atoms with Crippen molar-refractivity contribution in [1.29, 1.82) is 0 Å². The summed E-state index contributed by atoms with van der Waals surface area (Å²) in [5, 5.41) is 7.10. The van der Waals surface area contributed by atoms with E-state index < -0.39 is 0 Å². The third-order valence-electron chi connectivity index (χ3n) is 4.99. The fourth-order valence-corrected chi connectivity index (χ4v) is 3.55. The van der Waals surface area contributed by atoms with E-state index in [0.717, 1.165) is 31.1 Å². The number of hydrogen-bond acceptors (Lipinski definition) is 3. The predicted octanol–water partition coefficient (Wildman–Crippen LogP) is 3.42. The number of hydrogen-bond donors (Lipinski definition) is 2. The highest BCUT2D eigenvalue weighted by atomic mass is 16.5. The largest absolute Gasteiger partial charge is 0.485 e. The van der Waals surface area contributed by atoms with E-state index >= 15 is 0 Å². The first-order valence-corrected chi connectivity index (χ1v) is 8.02. The summed E-state index contributed by atoms with van der Waals surface area (Å²) >= 11 is 0. The first kappa shape index (κ1) is 13.7. The van der Waals surface area contributed by atoms with Gasteiger partial charge in [0.15, 0.2) is 0 Å². The Morgan fingerprint density at radius 2 is 2.10 bits per heavy atom. The second-order valence-corrected chi connectivity index (χ2v) is 6.31. The van der Waals surface area contributed by atoms with Gasteiger partial charge in [-0.2, -0.15) is 0 Å². The molecule has 0 amide bonds. The van der Waals surface area contributed by atoms with Crippen molar-refractivity contribution in [3.05, 3.63) is 24.3 Å². The minimum absolute atomic E-state index is 0.236. The molecule has 2 N–H and O–H groups in total. The lowest BCUT2D eigenvalue weighted by molar-refractivity contribution is 0.187. The molecule has 1 aliphatic carbocycles. The van der Waals surface area contributed by atoms with Gasteiger partial charge in [0.2, 0.25) is 0 Å². The molecule has 1 aromatic rings. The van der Waals surface area contributed by atoms with E-state index in [4.69, 9.17) is 4.74 Å². The van der Waals surface area contributed by atoms with Crippen LogP contribution in [0, 0.1) is 5.41 Å². The van der Waals surface area contributed by atoms with Crippen LogP contribution in [-0.2, 0) is 0 Å². The van der Waals surface area contributed by atoms with Gasteiger partial charge in [-0.05, 0) is 36.8 Å². The molecule has 1 saturated carbocycles. The highest BCUT2D eigenvalue weighted by Crippen LogP contribution is 2.40. The third kappa shape index (κ3) is 2.93. The van der Waals surface area contributed by atoms with Crippen LogP contribution in [0.5, 0.6) is 5.75 Å². The van der Waals surface area contributed by atoms with Crippen LogP contribution in [-0.4, -0.2) is 25.7 Å². The Hall–Kier alpha value is -1.22. The van der Waals surface area contributed by atoms with Crippen molar-refractivity contribution in [2.24, 2.45) is 5.41 Å². The van der Waals surface area contributed by atoms with Gasteiger partial charge in [-0.15, -0.1) is 0 Å². The Morgan fingerprint density at radius 3 is 2.90 bits per heavy atom. The number of para-hydroxylation sites is 2. The predicted molar refractivity (Wildman–Crippen MR) is 83.4 cm³/mol. The fraction of sp³-hybridized carbons (Fsp3) is 0.647. The van der Waals surface area contributed by atoms with Crippen LogP contribution in [0.15, 0.2) is 24.3 Å². The summed E-state index contributed by atoms with van der Waals surface area (Å²) in [6.07, 6.45) is 7.13. The van der Waals surface area contributed by atoms with Crippen LogP contribution in [0.1, 0.15) is 39.0 Å². The van der Waals surface area contributed by atoms with Crippen molar-refractivity contribution < 1.29 is 4.74 Å². The molecular formula is C17H26N2O. The van der Waals surface area contributed by atoms with Crippen molar-refractivity contribution in [2.75, 3.05) is 25.0 Å². The molecule has 1 heterocycles. The molecule has 0 bridgehead atoms. The minimum Gasteiger partial charge on any atom is -0.485 e. The molecule has 1 atom stereocenters. The second kappa shape index (κ2) is 6.04. The van der Waals surface area contributed by atoms with E-state index in [2.05, 4.69) is 23.6 Å². The first-order chi connectivity index (χ1) is 9.81. The zero-order chi connectivity index (χ0) is 13.8. The van der Waals surface area contributed by atoms with E-state index in [0.29, 0.717) is 5.41 Å². The zero-order valence-corrected chi connectivity index (χ0v) is 12.5. The normalized spacial score (nSPS) is 23.8. The van der Waals surface area contributed by atoms with E-state index in [1.54, 1.807) is 0 Å². The average Bonchev–Trinajstić information content (AvgIpc) is 2.96. The van der Waals surface area contributed by atoms with Gasteiger partial charge in [0, 0.05) is 13.1 Å². The minimum atomic E-state index is 0.236. The number of ether oxygens (including phenoxy) is 1. The summed E-state index contributed by atoms with van der Waals surface area (Å²) in [6.45, 7) is 5.30. The zero-order valence-electron chi connectivity index (χ0n) is 12.5. The van der Waals surface area contributed by atoms with Gasteiger partial charge in [-0.3, -0.25) is 0 Å². The number of benzene rings is 1. The lowest BCUT2D eigenvalue weighted by Gasteiger charge is -2.31. The van der Waals surface area contributed by atoms with Crippen LogP contribution in [0.25, 0.3) is 0 Å². The van der Waals surface area contributed by atoms with Gasteiger partial charge >= 0.3 is 0 Å². The second-order valence-electron chi connectivity index (χ2n) is 6.31. The monoisotopic (exact) mass is 274 g/mol. The van der Waals surface area contributed by atoms with Gasteiger partial charge < -0.3 is 15.4 Å². The van der Waals surface area contributed by atoms with Gasteiger partial charge in [0.1, 0.15) is 11.9 Å². The summed E-state index contributed by atoms with van der Waals surface area (Å²) in [5.74, 6) is 0.983. The van der Waals surface area contributed by atoms with Crippen LogP contribution in [0.2, 0.25) is 0 Å². The number of anilines is 1. The molecule has 20 heavy (non-hydrogen) atoms. The lowest BCUT2D eigenvalue weighted by atomic mass is 9.83. The third-order valence-corrected chi connectivity index (χ3v) is 4.99. The van der Waals surface area contributed by atoms with E-state index in [-0.39, 0.29) is 6.10 Å². The van der Waals surface area contributed by atoms with E-state index in [1.165, 1.54) is 32.1 Å². The first-order valence-electron chi connectivity index (χ1n) is 8.02. The molecule has 110 valence electrons. The van der Waals surface area contributed by atoms with Gasteiger partial charge in [-0.1, -0.05) is 31.9 Å². The van der Waals surface area contributed by atoms with E-state index in [9.17, 15) is 0 Å². The van der Waals surface area contributed by atoms with E-state index in [1.807, 2.05) is 18.2 Å². The number of nitrogens with one attached hydrogen (secondary N) is 2. The highest BCUT2D eigenvalue weighted by Gasteiger charge is 2.31. The topological polar surface area (TPSA) is 33.3 Å². The maximum atomic E-state index is 6.04. The smallest absolute Gasteiger partial charge is 0.142 e. The van der Waals surface area contributed by atoms with Crippen molar-refractivity contribution >= 4 is 5.69 Å². The Balaban J connectivity index is 1.48. The molecule has 1 unspecified atom stereocenters. The molecular weight excluding hydrogens is 248 g/mol. The van der Waals surface area contributed by atoms with Gasteiger partial charge in [-0.25, -0.2) is 0 Å². The maximum absolute atomic E-state index is 6.04. The van der Waals surface area contributed by atoms with Crippen molar-refractivity contribution in [3.63, 3.8) is 0 Å². The summed E-state index contributed by atoms with van der Waals surface area (Å²) in [4.78, 5) is 0. The molecule has 0 aromatic heterocycles. The van der Waals surface area contributed by atoms with Crippen LogP contribution in [0.3, 0.4) is 0 Å². The van der Waals surface area contributed by atoms with Gasteiger partial charge in [0.05, 0.1) is 12.2 Å². The molecule has 2 aliphatic rings. The highest BCUT2D eigenvalue weighted by molar-refractivity contribution is 5.57. The molecule has 1 aliphatic heterocycles. The van der Waals surface area contributed by atoms with Crippen molar-refractivity contribution in [1.82, 2.24) is 5.32 Å². The average molecular weight is 274 g/mol. The van der Waals surface area contributed by atoms with Crippen LogP contribution >= 0.6 is 0 Å². The molecule has 1 aromatic carbocycles. The van der Waals surface area contributed by atoms with Crippen LogP contribution < -0.4 is 15.4 Å². The Morgan fingerprint density at radius 1 is 1.30 bits per heavy atom. The summed E-state index contributed by atoms with van der Waals surface area (Å²) in [7, 11) is 0. The number of rotatable bonds is 5. The number of fused-ring (bicyclic) bond motifs is 1. The lowest BCUT2D eigenvalue weighted by Crippen LogP contribution is -2.42. The fourth-order valence-electron chi connectivity index (χ4n) is 3.55. The molecule has 0 saturated heterocycles. The Bertz CT molecular complexity index is 440. The molecule has 3 nitrogen and oxygen atoms in total. The van der Waals surface area contributed by atoms with Crippen molar-refractivity contribution in [2.45, 2.75) is 45.1 Å². The Kier molecular flexibility index (Phi) is 4.16. The maximum Gasteiger partial charge on any atom is 0.142 e. The van der Waals surface area contributed by atoms with Gasteiger partial charge in [0.25, 0.3) is 0 Å². The molecule has 0 radical (unpaired) electrons. The molecule has 1 fully saturated rings. The summed E-state index contributed by atoms with van der Waals surface area (Å²) in [6, 6.07) is 8.18. The molecule has 0 spiro atoms. The molecule has 3 rings (SSSR count). The quantitative estimate of drug-likeness (QED) is 0.863. The summed E-state index contributed by atoms with van der Waals surface area (Å²) < 4.78 is 6.04. The molecule has 3 heteroatoms.